The summed E-state index contributed by atoms with van der Waals surface area (Å²) in [6.45, 7) is 4.00. The molecule has 0 saturated heterocycles. The highest BCUT2D eigenvalue weighted by Gasteiger charge is 1.80. The van der Waals surface area contributed by atoms with Crippen LogP contribution in [0.15, 0.2) is 60.7 Å². The summed E-state index contributed by atoms with van der Waals surface area (Å²) in [6.07, 6.45) is 0. The third-order valence-electron chi connectivity index (χ3n) is 1.81. The van der Waals surface area contributed by atoms with Crippen LogP contribution in [-0.4, -0.2) is 0 Å². The fourth-order valence-corrected chi connectivity index (χ4v) is 1.03. The maximum Gasteiger partial charge on any atom is 0.0991 e. The quantitative estimate of drug-likeness (QED) is 0.690. The van der Waals surface area contributed by atoms with Crippen LogP contribution in [0.3, 0.4) is 0 Å². The van der Waals surface area contributed by atoms with Gasteiger partial charge >= 0.3 is 0 Å². The van der Waals surface area contributed by atoms with E-state index in [0.29, 0.717) is 11.1 Å². The third-order valence-corrected chi connectivity index (χ3v) is 1.81. The summed E-state index contributed by atoms with van der Waals surface area (Å²) in [7, 11) is 0. The van der Waals surface area contributed by atoms with Gasteiger partial charge in [0.05, 0.1) is 23.3 Å². The molecule has 18 heavy (non-hydrogen) atoms. The van der Waals surface area contributed by atoms with Crippen LogP contribution < -0.4 is 0 Å². The molecule has 0 spiro atoms. The van der Waals surface area contributed by atoms with Crippen LogP contribution in [0.25, 0.3) is 0 Å². The second-order valence-electron chi connectivity index (χ2n) is 2.96. The Morgan fingerprint density at radius 3 is 1.06 bits per heavy atom. The Labute approximate surface area is 109 Å². The molecule has 2 aromatic carbocycles. The molecule has 0 aliphatic heterocycles. The molecular weight excluding hydrogens is 220 g/mol. The summed E-state index contributed by atoms with van der Waals surface area (Å²) in [4.78, 5) is 0. The van der Waals surface area contributed by atoms with Gasteiger partial charge in [-0.05, 0) is 24.3 Å². The molecule has 0 radical (unpaired) electrons. The first kappa shape index (κ1) is 15.4. The highest BCUT2D eigenvalue weighted by Crippen LogP contribution is 1.93. The van der Waals surface area contributed by atoms with E-state index in [1.807, 2.05) is 62.4 Å². The number of nitrogens with zero attached hydrogens (tertiary/aromatic N) is 2. The molecule has 0 atom stereocenters. The zero-order valence-electron chi connectivity index (χ0n) is 10.7. The monoisotopic (exact) mass is 236 g/mol. The minimum atomic E-state index is 0.715. The second-order valence-corrected chi connectivity index (χ2v) is 2.96. The molecule has 0 aliphatic rings. The van der Waals surface area contributed by atoms with Gasteiger partial charge in [-0.25, -0.2) is 0 Å². The lowest BCUT2D eigenvalue weighted by Gasteiger charge is -1.80. The van der Waals surface area contributed by atoms with E-state index in [1.165, 1.54) is 0 Å². The number of rotatable bonds is 0. The van der Waals surface area contributed by atoms with E-state index in [0.717, 1.165) is 0 Å². The number of nitriles is 2. The van der Waals surface area contributed by atoms with Crippen molar-refractivity contribution >= 4 is 0 Å². The Morgan fingerprint density at radius 1 is 0.611 bits per heavy atom. The molecule has 0 fully saturated rings. The van der Waals surface area contributed by atoms with Gasteiger partial charge in [0.25, 0.3) is 0 Å². The van der Waals surface area contributed by atoms with Crippen LogP contribution in [0.5, 0.6) is 0 Å². The van der Waals surface area contributed by atoms with Gasteiger partial charge in [0, 0.05) is 0 Å². The molecule has 0 amide bonds. The normalized spacial score (nSPS) is 7.33. The Hall–Kier alpha value is -2.58. The summed E-state index contributed by atoms with van der Waals surface area (Å²) in [6, 6.07) is 22.3. The molecule has 0 heterocycles. The Morgan fingerprint density at radius 2 is 0.889 bits per heavy atom. The Kier molecular flexibility index (Phi) is 9.36. The molecule has 0 aromatic heterocycles. The van der Waals surface area contributed by atoms with Crippen LogP contribution >= 0.6 is 0 Å². The zero-order chi connectivity index (χ0) is 13.6. The van der Waals surface area contributed by atoms with Gasteiger partial charge in [-0.3, -0.25) is 0 Å². The summed E-state index contributed by atoms with van der Waals surface area (Å²) >= 11 is 0. The van der Waals surface area contributed by atoms with Crippen molar-refractivity contribution in [3.8, 4) is 12.1 Å². The lowest BCUT2D eigenvalue weighted by molar-refractivity contribution is 1.49. The molecule has 2 aromatic rings. The van der Waals surface area contributed by atoms with Gasteiger partial charge in [0.15, 0.2) is 0 Å². The molecule has 0 aliphatic carbocycles. The number of hydrogen-bond acceptors (Lipinski definition) is 2. The van der Waals surface area contributed by atoms with Gasteiger partial charge in [0.2, 0.25) is 0 Å². The Bertz CT molecular complexity index is 441. The SMILES string of the molecule is CC.N#Cc1ccccc1.N#Cc1ccccc1. The van der Waals surface area contributed by atoms with Gasteiger partial charge < -0.3 is 0 Å². The summed E-state index contributed by atoms with van der Waals surface area (Å²) in [5.74, 6) is 0. The first-order chi connectivity index (χ1) is 8.86. The molecule has 2 nitrogen and oxygen atoms in total. The average molecular weight is 236 g/mol. The van der Waals surface area contributed by atoms with Crippen molar-refractivity contribution in [2.45, 2.75) is 13.8 Å². The van der Waals surface area contributed by atoms with Gasteiger partial charge in [-0.15, -0.1) is 0 Å². The predicted octanol–water partition coefficient (Wildman–Crippen LogP) is 4.14. The van der Waals surface area contributed by atoms with Crippen molar-refractivity contribution in [1.29, 1.82) is 10.5 Å². The van der Waals surface area contributed by atoms with E-state index < -0.39 is 0 Å². The molecule has 2 heteroatoms. The van der Waals surface area contributed by atoms with Crippen LogP contribution in [0.1, 0.15) is 25.0 Å². The van der Waals surface area contributed by atoms with Gasteiger partial charge in [-0.2, -0.15) is 10.5 Å². The van der Waals surface area contributed by atoms with Gasteiger partial charge in [0.1, 0.15) is 0 Å². The number of hydrogen-bond donors (Lipinski definition) is 0. The number of benzene rings is 2. The smallest absolute Gasteiger partial charge is 0.0991 e. The van der Waals surface area contributed by atoms with Crippen LogP contribution in [-0.2, 0) is 0 Å². The first-order valence-electron chi connectivity index (χ1n) is 5.77. The van der Waals surface area contributed by atoms with Gasteiger partial charge in [-0.1, -0.05) is 50.2 Å². The molecule has 0 saturated carbocycles. The summed E-state index contributed by atoms with van der Waals surface area (Å²) < 4.78 is 0. The molecule has 0 N–H and O–H groups in total. The van der Waals surface area contributed by atoms with Crippen molar-refractivity contribution in [2.75, 3.05) is 0 Å². The van der Waals surface area contributed by atoms with Crippen molar-refractivity contribution in [1.82, 2.24) is 0 Å². The maximum absolute atomic E-state index is 8.29. The van der Waals surface area contributed by atoms with E-state index in [4.69, 9.17) is 10.5 Å². The minimum absolute atomic E-state index is 0.715. The van der Waals surface area contributed by atoms with Crippen molar-refractivity contribution in [2.24, 2.45) is 0 Å². The minimum Gasteiger partial charge on any atom is -0.192 e. The van der Waals surface area contributed by atoms with Crippen LogP contribution in [0.4, 0.5) is 0 Å². The van der Waals surface area contributed by atoms with Crippen LogP contribution in [0.2, 0.25) is 0 Å². The lowest BCUT2D eigenvalue weighted by Crippen LogP contribution is -1.66. The fourth-order valence-electron chi connectivity index (χ4n) is 1.03. The largest absolute Gasteiger partial charge is 0.192 e. The van der Waals surface area contributed by atoms with E-state index in [2.05, 4.69) is 0 Å². The first-order valence-corrected chi connectivity index (χ1v) is 5.77. The predicted molar refractivity (Wildman–Crippen MR) is 73.7 cm³/mol. The summed E-state index contributed by atoms with van der Waals surface area (Å²) in [5, 5.41) is 16.6. The van der Waals surface area contributed by atoms with E-state index in [9.17, 15) is 0 Å². The van der Waals surface area contributed by atoms with Crippen LogP contribution in [0, 0.1) is 22.7 Å². The van der Waals surface area contributed by atoms with Crippen molar-refractivity contribution < 1.29 is 0 Å². The molecule has 2 rings (SSSR count). The molecule has 0 unspecified atom stereocenters. The van der Waals surface area contributed by atoms with Crippen molar-refractivity contribution in [3.05, 3.63) is 71.8 Å². The highest BCUT2D eigenvalue weighted by atomic mass is 14.2. The average Bonchev–Trinajstić information content (AvgIpc) is 2.51. The van der Waals surface area contributed by atoms with Crippen molar-refractivity contribution in [3.63, 3.8) is 0 Å². The molecule has 90 valence electrons. The highest BCUT2D eigenvalue weighted by molar-refractivity contribution is 5.27. The molecule has 0 bridgehead atoms. The van der Waals surface area contributed by atoms with E-state index in [1.54, 1.807) is 24.3 Å². The topological polar surface area (TPSA) is 47.6 Å². The second kappa shape index (κ2) is 10.9. The summed E-state index contributed by atoms with van der Waals surface area (Å²) in [5.41, 5.74) is 1.43. The fraction of sp³-hybridized carbons (Fsp3) is 0.125. The Balaban J connectivity index is 0.000000283. The lowest BCUT2D eigenvalue weighted by atomic mass is 10.2. The third kappa shape index (κ3) is 6.82. The van der Waals surface area contributed by atoms with E-state index in [-0.39, 0.29) is 0 Å². The zero-order valence-corrected chi connectivity index (χ0v) is 10.7. The van der Waals surface area contributed by atoms with E-state index >= 15 is 0 Å². The molecular formula is C16H16N2. The standard InChI is InChI=1S/2C7H5N.C2H6/c2*8-6-7-4-2-1-3-5-7;1-2/h2*1-5H;1-2H3. The maximum atomic E-state index is 8.29.